The average Bonchev–Trinajstić information content (AvgIpc) is 3.04. The Balaban J connectivity index is 1.76. The normalized spacial score (nSPS) is 29.3. The van der Waals surface area contributed by atoms with Gasteiger partial charge in [0, 0.05) is 12.0 Å². The zero-order valence-corrected chi connectivity index (χ0v) is 9.59. The Morgan fingerprint density at radius 3 is 2.80 bits per heavy atom. The van der Waals surface area contributed by atoms with E-state index in [0.717, 1.165) is 25.9 Å². The summed E-state index contributed by atoms with van der Waals surface area (Å²) in [5.41, 5.74) is 0. The predicted octanol–water partition coefficient (Wildman–Crippen LogP) is 1.29. The first-order valence-corrected chi connectivity index (χ1v) is 6.28. The Morgan fingerprint density at radius 1 is 1.27 bits per heavy atom. The number of hydrogen-bond donors (Lipinski definition) is 2. The SMILES string of the molecule is CC(C(=O)NC1CCCNCC1)C1CC1. The monoisotopic (exact) mass is 210 g/mol. The van der Waals surface area contributed by atoms with Gasteiger partial charge in [-0.25, -0.2) is 0 Å². The second kappa shape index (κ2) is 4.97. The molecule has 2 fully saturated rings. The average molecular weight is 210 g/mol. The molecule has 1 aliphatic heterocycles. The minimum atomic E-state index is 0.237. The molecule has 0 aromatic heterocycles. The van der Waals surface area contributed by atoms with Crippen molar-refractivity contribution in [1.29, 1.82) is 0 Å². The highest BCUT2D eigenvalue weighted by Crippen LogP contribution is 2.36. The highest BCUT2D eigenvalue weighted by Gasteiger charge is 2.33. The number of rotatable bonds is 3. The molecule has 1 aliphatic carbocycles. The second-order valence-corrected chi connectivity index (χ2v) is 5.01. The molecule has 1 amide bonds. The molecule has 0 aromatic carbocycles. The molecule has 0 radical (unpaired) electrons. The molecular weight excluding hydrogens is 188 g/mol. The topological polar surface area (TPSA) is 41.1 Å². The molecule has 2 aliphatic rings. The lowest BCUT2D eigenvalue weighted by Gasteiger charge is -2.18. The Hall–Kier alpha value is -0.570. The van der Waals surface area contributed by atoms with Crippen molar-refractivity contribution in [3.05, 3.63) is 0 Å². The molecule has 0 bridgehead atoms. The summed E-state index contributed by atoms with van der Waals surface area (Å²) in [6.45, 7) is 4.22. The Bertz CT molecular complexity index is 218. The fraction of sp³-hybridized carbons (Fsp3) is 0.917. The Labute approximate surface area is 92.0 Å². The molecule has 2 rings (SSSR count). The number of nitrogens with one attached hydrogen (secondary N) is 2. The van der Waals surface area contributed by atoms with Crippen molar-refractivity contribution < 1.29 is 4.79 Å². The van der Waals surface area contributed by atoms with Gasteiger partial charge in [-0.3, -0.25) is 4.79 Å². The van der Waals surface area contributed by atoms with E-state index in [1.54, 1.807) is 0 Å². The molecule has 86 valence electrons. The van der Waals surface area contributed by atoms with Crippen LogP contribution in [0, 0.1) is 11.8 Å². The van der Waals surface area contributed by atoms with E-state index in [0.29, 0.717) is 12.0 Å². The maximum Gasteiger partial charge on any atom is 0.223 e. The van der Waals surface area contributed by atoms with Crippen LogP contribution >= 0.6 is 0 Å². The van der Waals surface area contributed by atoms with Crippen LogP contribution in [-0.4, -0.2) is 25.0 Å². The zero-order chi connectivity index (χ0) is 10.7. The first-order valence-electron chi connectivity index (χ1n) is 6.28. The number of carbonyl (C=O) groups excluding carboxylic acids is 1. The first-order chi connectivity index (χ1) is 7.27. The van der Waals surface area contributed by atoms with Crippen molar-refractivity contribution in [3.8, 4) is 0 Å². The van der Waals surface area contributed by atoms with Crippen molar-refractivity contribution in [3.63, 3.8) is 0 Å². The Morgan fingerprint density at radius 2 is 2.07 bits per heavy atom. The van der Waals surface area contributed by atoms with Gasteiger partial charge in [0.2, 0.25) is 5.91 Å². The third-order valence-electron chi connectivity index (χ3n) is 3.66. The minimum absolute atomic E-state index is 0.237. The van der Waals surface area contributed by atoms with Crippen molar-refractivity contribution in [2.75, 3.05) is 13.1 Å². The molecule has 0 spiro atoms. The van der Waals surface area contributed by atoms with E-state index >= 15 is 0 Å². The highest BCUT2D eigenvalue weighted by molar-refractivity contribution is 5.79. The molecule has 1 heterocycles. The number of hydrogen-bond acceptors (Lipinski definition) is 2. The number of amides is 1. The van der Waals surface area contributed by atoms with Gasteiger partial charge in [-0.1, -0.05) is 6.92 Å². The van der Waals surface area contributed by atoms with Gasteiger partial charge in [-0.2, -0.15) is 0 Å². The van der Waals surface area contributed by atoms with Crippen molar-refractivity contribution in [2.24, 2.45) is 11.8 Å². The maximum atomic E-state index is 11.9. The summed E-state index contributed by atoms with van der Waals surface area (Å²) in [7, 11) is 0. The third kappa shape index (κ3) is 3.20. The van der Waals surface area contributed by atoms with Crippen LogP contribution in [0.2, 0.25) is 0 Å². The van der Waals surface area contributed by atoms with Gasteiger partial charge in [0.15, 0.2) is 0 Å². The molecule has 3 nitrogen and oxygen atoms in total. The van der Waals surface area contributed by atoms with Gasteiger partial charge in [0.1, 0.15) is 0 Å². The molecule has 2 unspecified atom stereocenters. The van der Waals surface area contributed by atoms with Crippen LogP contribution < -0.4 is 10.6 Å². The van der Waals surface area contributed by atoms with Crippen LogP contribution in [0.3, 0.4) is 0 Å². The summed E-state index contributed by atoms with van der Waals surface area (Å²) in [6, 6.07) is 0.411. The summed E-state index contributed by atoms with van der Waals surface area (Å²) < 4.78 is 0. The van der Waals surface area contributed by atoms with E-state index in [1.807, 2.05) is 0 Å². The standard InChI is InChI=1S/C12H22N2O/c1-9(10-4-5-10)12(15)14-11-3-2-7-13-8-6-11/h9-11,13H,2-8H2,1H3,(H,14,15). The summed E-state index contributed by atoms with van der Waals surface area (Å²) in [5.74, 6) is 1.19. The molecule has 2 N–H and O–H groups in total. The lowest BCUT2D eigenvalue weighted by atomic mass is 10.0. The van der Waals surface area contributed by atoms with Crippen molar-refractivity contribution in [2.45, 2.75) is 45.1 Å². The molecular formula is C12H22N2O. The lowest BCUT2D eigenvalue weighted by Crippen LogP contribution is -2.39. The van der Waals surface area contributed by atoms with Gasteiger partial charge in [-0.05, 0) is 51.1 Å². The van der Waals surface area contributed by atoms with Gasteiger partial charge < -0.3 is 10.6 Å². The van der Waals surface area contributed by atoms with Crippen LogP contribution in [0.25, 0.3) is 0 Å². The van der Waals surface area contributed by atoms with Crippen LogP contribution in [0.4, 0.5) is 0 Å². The van der Waals surface area contributed by atoms with E-state index in [2.05, 4.69) is 17.6 Å². The summed E-state index contributed by atoms with van der Waals surface area (Å²) in [6.07, 6.45) is 5.91. The van der Waals surface area contributed by atoms with Crippen LogP contribution in [-0.2, 0) is 4.79 Å². The minimum Gasteiger partial charge on any atom is -0.353 e. The van der Waals surface area contributed by atoms with Crippen molar-refractivity contribution in [1.82, 2.24) is 10.6 Å². The second-order valence-electron chi connectivity index (χ2n) is 5.01. The summed E-state index contributed by atoms with van der Waals surface area (Å²) in [5, 5.41) is 6.56. The lowest BCUT2D eigenvalue weighted by molar-refractivity contribution is -0.125. The molecule has 15 heavy (non-hydrogen) atoms. The van der Waals surface area contributed by atoms with Crippen LogP contribution in [0.5, 0.6) is 0 Å². The van der Waals surface area contributed by atoms with Crippen molar-refractivity contribution >= 4 is 5.91 Å². The molecule has 2 atom stereocenters. The fourth-order valence-electron chi connectivity index (χ4n) is 2.31. The quantitative estimate of drug-likeness (QED) is 0.737. The smallest absolute Gasteiger partial charge is 0.223 e. The first kappa shape index (κ1) is 10.9. The predicted molar refractivity (Wildman–Crippen MR) is 60.5 cm³/mol. The van der Waals surface area contributed by atoms with E-state index in [-0.39, 0.29) is 11.8 Å². The largest absolute Gasteiger partial charge is 0.353 e. The summed E-state index contributed by atoms with van der Waals surface area (Å²) >= 11 is 0. The van der Waals surface area contributed by atoms with Gasteiger partial charge in [0.25, 0.3) is 0 Å². The third-order valence-corrected chi connectivity index (χ3v) is 3.66. The molecule has 1 saturated carbocycles. The van der Waals surface area contributed by atoms with Gasteiger partial charge in [0.05, 0.1) is 0 Å². The number of carbonyl (C=O) groups is 1. The fourth-order valence-corrected chi connectivity index (χ4v) is 2.31. The van der Waals surface area contributed by atoms with E-state index < -0.39 is 0 Å². The van der Waals surface area contributed by atoms with Gasteiger partial charge in [-0.15, -0.1) is 0 Å². The van der Waals surface area contributed by atoms with Gasteiger partial charge >= 0.3 is 0 Å². The van der Waals surface area contributed by atoms with E-state index in [4.69, 9.17) is 0 Å². The molecule has 3 heteroatoms. The van der Waals surface area contributed by atoms with Crippen LogP contribution in [0.1, 0.15) is 39.0 Å². The maximum absolute atomic E-state index is 11.9. The Kier molecular flexibility index (Phi) is 3.62. The summed E-state index contributed by atoms with van der Waals surface area (Å²) in [4.78, 5) is 11.9. The highest BCUT2D eigenvalue weighted by atomic mass is 16.1. The zero-order valence-electron chi connectivity index (χ0n) is 9.59. The molecule has 1 saturated heterocycles. The van der Waals surface area contributed by atoms with E-state index in [9.17, 15) is 4.79 Å². The van der Waals surface area contributed by atoms with Crippen LogP contribution in [0.15, 0.2) is 0 Å². The van der Waals surface area contributed by atoms with E-state index in [1.165, 1.54) is 19.3 Å². The molecule has 0 aromatic rings.